The van der Waals surface area contributed by atoms with E-state index >= 15 is 0 Å². The minimum absolute atomic E-state index is 0.0337. The van der Waals surface area contributed by atoms with Gasteiger partial charge in [-0.15, -0.1) is 0 Å². The lowest BCUT2D eigenvalue weighted by atomic mass is 10.1. The number of nitrogens with zero attached hydrogens (tertiary/aromatic N) is 4. The third-order valence-electron chi connectivity index (χ3n) is 4.79. The number of aromatic nitrogens is 3. The molecule has 6 nitrogen and oxygen atoms in total. The van der Waals surface area contributed by atoms with Gasteiger partial charge >= 0.3 is 0 Å². The number of hydrogen-bond acceptors (Lipinski definition) is 4. The number of benzene rings is 1. The van der Waals surface area contributed by atoms with Crippen molar-refractivity contribution in [2.45, 2.75) is 12.5 Å². The predicted octanol–water partition coefficient (Wildman–Crippen LogP) is 3.27. The second kappa shape index (κ2) is 8.12. The van der Waals surface area contributed by atoms with Crippen molar-refractivity contribution in [2.75, 3.05) is 19.7 Å². The van der Waals surface area contributed by atoms with Crippen molar-refractivity contribution in [2.24, 2.45) is 7.05 Å². The maximum atomic E-state index is 12.7. The van der Waals surface area contributed by atoms with Gasteiger partial charge in [-0.05, 0) is 23.8 Å². The maximum absolute atomic E-state index is 12.7. The normalized spacial score (nSPS) is 16.9. The van der Waals surface area contributed by atoms with E-state index < -0.39 is 0 Å². The molecule has 144 valence electrons. The standard InChI is InChI=1S/C21H21ClN4O2/c1-25-13-16(12-23-25)21(27)26-9-10-28-20(14-26)19-8-4-6-17(24-19)11-15-5-2-3-7-18(15)22/h2-8,12-13,20H,9-11,14H2,1H3/t20-/m0/s1. The van der Waals surface area contributed by atoms with Crippen molar-refractivity contribution in [1.29, 1.82) is 0 Å². The largest absolute Gasteiger partial charge is 0.368 e. The molecular weight excluding hydrogens is 376 g/mol. The number of pyridine rings is 1. The summed E-state index contributed by atoms with van der Waals surface area (Å²) < 4.78 is 7.54. The summed E-state index contributed by atoms with van der Waals surface area (Å²) in [6.45, 7) is 1.51. The first-order valence-corrected chi connectivity index (χ1v) is 9.57. The second-order valence-corrected chi connectivity index (χ2v) is 7.24. The molecule has 0 bridgehead atoms. The molecule has 0 unspecified atom stereocenters. The molecule has 0 aliphatic carbocycles. The molecule has 3 heterocycles. The van der Waals surface area contributed by atoms with Crippen LogP contribution in [0.3, 0.4) is 0 Å². The molecule has 2 aromatic heterocycles. The van der Waals surface area contributed by atoms with E-state index in [1.54, 1.807) is 29.0 Å². The van der Waals surface area contributed by atoms with Gasteiger partial charge in [0, 0.05) is 36.9 Å². The minimum atomic E-state index is -0.249. The summed E-state index contributed by atoms with van der Waals surface area (Å²) in [5.41, 5.74) is 3.37. The Balaban J connectivity index is 1.49. The Kier molecular flexibility index (Phi) is 5.41. The van der Waals surface area contributed by atoms with Crippen molar-refractivity contribution in [3.63, 3.8) is 0 Å². The van der Waals surface area contributed by atoms with Gasteiger partial charge in [-0.1, -0.05) is 35.9 Å². The van der Waals surface area contributed by atoms with E-state index in [0.717, 1.165) is 22.0 Å². The van der Waals surface area contributed by atoms with Gasteiger partial charge in [-0.25, -0.2) is 0 Å². The molecule has 0 spiro atoms. The third-order valence-corrected chi connectivity index (χ3v) is 5.16. The lowest BCUT2D eigenvalue weighted by Crippen LogP contribution is -2.42. The zero-order valence-corrected chi connectivity index (χ0v) is 16.3. The number of carbonyl (C=O) groups excluding carboxylic acids is 1. The number of carbonyl (C=O) groups is 1. The first-order chi connectivity index (χ1) is 13.6. The van der Waals surface area contributed by atoms with E-state index in [-0.39, 0.29) is 12.0 Å². The minimum Gasteiger partial charge on any atom is -0.368 e. The van der Waals surface area contributed by atoms with E-state index in [1.807, 2.05) is 42.5 Å². The van der Waals surface area contributed by atoms with Crippen molar-refractivity contribution >= 4 is 17.5 Å². The van der Waals surface area contributed by atoms with Crippen LogP contribution in [0.1, 0.15) is 33.4 Å². The van der Waals surface area contributed by atoms with Crippen molar-refractivity contribution < 1.29 is 9.53 Å². The Morgan fingerprint density at radius 1 is 1.25 bits per heavy atom. The number of aryl methyl sites for hydroxylation is 1. The van der Waals surface area contributed by atoms with Gasteiger partial charge in [0.15, 0.2) is 0 Å². The predicted molar refractivity (Wildman–Crippen MR) is 106 cm³/mol. The van der Waals surface area contributed by atoms with Crippen LogP contribution >= 0.6 is 11.6 Å². The summed E-state index contributed by atoms with van der Waals surface area (Å²) in [4.78, 5) is 19.3. The number of halogens is 1. The van der Waals surface area contributed by atoms with Crippen LogP contribution in [-0.2, 0) is 18.2 Å². The van der Waals surface area contributed by atoms with Crippen LogP contribution in [0.15, 0.2) is 54.9 Å². The van der Waals surface area contributed by atoms with Gasteiger partial charge in [0.05, 0.1) is 30.6 Å². The van der Waals surface area contributed by atoms with Crippen LogP contribution in [-0.4, -0.2) is 45.3 Å². The highest BCUT2D eigenvalue weighted by Gasteiger charge is 2.27. The molecule has 1 aliphatic heterocycles. The molecule has 1 amide bonds. The van der Waals surface area contributed by atoms with Crippen molar-refractivity contribution in [1.82, 2.24) is 19.7 Å². The van der Waals surface area contributed by atoms with Crippen LogP contribution in [0.4, 0.5) is 0 Å². The monoisotopic (exact) mass is 396 g/mol. The molecule has 0 N–H and O–H groups in total. The quantitative estimate of drug-likeness (QED) is 0.679. The number of amides is 1. The topological polar surface area (TPSA) is 60.2 Å². The van der Waals surface area contributed by atoms with Crippen LogP contribution in [0.5, 0.6) is 0 Å². The van der Waals surface area contributed by atoms with Gasteiger partial charge < -0.3 is 9.64 Å². The molecule has 7 heteroatoms. The molecular formula is C21H21ClN4O2. The Hall–Kier alpha value is -2.70. The van der Waals surface area contributed by atoms with Gasteiger partial charge in [0.1, 0.15) is 6.10 Å². The van der Waals surface area contributed by atoms with Crippen LogP contribution in [0.25, 0.3) is 0 Å². The Labute approximate surface area is 168 Å². The Morgan fingerprint density at radius 3 is 2.89 bits per heavy atom. The van der Waals surface area contributed by atoms with Crippen LogP contribution < -0.4 is 0 Å². The molecule has 1 aromatic carbocycles. The summed E-state index contributed by atoms with van der Waals surface area (Å²) in [6, 6.07) is 13.7. The lowest BCUT2D eigenvalue weighted by molar-refractivity contribution is -0.0248. The number of hydrogen-bond donors (Lipinski definition) is 0. The van der Waals surface area contributed by atoms with E-state index in [0.29, 0.717) is 31.7 Å². The van der Waals surface area contributed by atoms with Gasteiger partial charge in [0.25, 0.3) is 5.91 Å². The fraction of sp³-hybridized carbons (Fsp3) is 0.286. The zero-order chi connectivity index (χ0) is 19.5. The highest BCUT2D eigenvalue weighted by Crippen LogP contribution is 2.24. The fourth-order valence-corrected chi connectivity index (χ4v) is 3.54. The number of ether oxygens (including phenoxy) is 1. The Morgan fingerprint density at radius 2 is 2.11 bits per heavy atom. The molecule has 3 aromatic rings. The SMILES string of the molecule is Cn1cc(C(=O)N2CCO[C@H](c3cccc(Cc4ccccc4Cl)n3)C2)cn1. The summed E-state index contributed by atoms with van der Waals surface area (Å²) in [7, 11) is 1.80. The van der Waals surface area contributed by atoms with E-state index in [2.05, 4.69) is 5.10 Å². The van der Waals surface area contributed by atoms with Crippen molar-refractivity contribution in [3.05, 3.63) is 82.4 Å². The Bertz CT molecular complexity index is 988. The lowest BCUT2D eigenvalue weighted by Gasteiger charge is -2.32. The second-order valence-electron chi connectivity index (χ2n) is 6.84. The summed E-state index contributed by atoms with van der Waals surface area (Å²) >= 11 is 6.27. The molecule has 28 heavy (non-hydrogen) atoms. The molecule has 1 aliphatic rings. The summed E-state index contributed by atoms with van der Waals surface area (Å²) in [6.07, 6.45) is 3.73. The molecule has 0 radical (unpaired) electrons. The highest BCUT2D eigenvalue weighted by molar-refractivity contribution is 6.31. The average Bonchev–Trinajstić information content (AvgIpc) is 3.16. The number of rotatable bonds is 4. The first-order valence-electron chi connectivity index (χ1n) is 9.19. The third kappa shape index (κ3) is 4.08. The fourth-order valence-electron chi connectivity index (χ4n) is 3.34. The summed E-state index contributed by atoms with van der Waals surface area (Å²) in [5, 5.41) is 4.82. The zero-order valence-electron chi connectivity index (χ0n) is 15.6. The molecule has 4 rings (SSSR count). The van der Waals surface area contributed by atoms with Crippen molar-refractivity contribution in [3.8, 4) is 0 Å². The number of morpholine rings is 1. The average molecular weight is 397 g/mol. The first kappa shape index (κ1) is 18.7. The van der Waals surface area contributed by atoms with E-state index in [1.165, 1.54) is 0 Å². The van der Waals surface area contributed by atoms with Crippen LogP contribution in [0.2, 0.25) is 5.02 Å². The molecule has 1 fully saturated rings. The maximum Gasteiger partial charge on any atom is 0.257 e. The van der Waals surface area contributed by atoms with E-state index in [4.69, 9.17) is 21.3 Å². The van der Waals surface area contributed by atoms with Gasteiger partial charge in [-0.3, -0.25) is 14.5 Å². The van der Waals surface area contributed by atoms with E-state index in [9.17, 15) is 4.79 Å². The highest BCUT2D eigenvalue weighted by atomic mass is 35.5. The molecule has 1 atom stereocenters. The van der Waals surface area contributed by atoms with Gasteiger partial charge in [0.2, 0.25) is 0 Å². The smallest absolute Gasteiger partial charge is 0.257 e. The van der Waals surface area contributed by atoms with Crippen LogP contribution in [0, 0.1) is 0 Å². The molecule has 1 saturated heterocycles. The molecule has 0 saturated carbocycles. The van der Waals surface area contributed by atoms with Gasteiger partial charge in [-0.2, -0.15) is 5.10 Å². The summed E-state index contributed by atoms with van der Waals surface area (Å²) in [5.74, 6) is -0.0337.